The molecule has 2 aliphatic rings. The molecule has 3 heteroatoms. The van der Waals surface area contributed by atoms with Gasteiger partial charge in [0.1, 0.15) is 0 Å². The summed E-state index contributed by atoms with van der Waals surface area (Å²) in [5.41, 5.74) is 5.99. The maximum atomic E-state index is 12.0. The van der Waals surface area contributed by atoms with E-state index >= 15 is 0 Å². The lowest BCUT2D eigenvalue weighted by Crippen LogP contribution is -2.49. The molecule has 1 saturated heterocycles. The summed E-state index contributed by atoms with van der Waals surface area (Å²) in [6.45, 7) is 3.56. The topological polar surface area (TPSA) is 46.3 Å². The van der Waals surface area contributed by atoms with Crippen LogP contribution in [0.3, 0.4) is 0 Å². The Morgan fingerprint density at radius 1 is 1.40 bits per heavy atom. The van der Waals surface area contributed by atoms with Crippen LogP contribution in [0.4, 0.5) is 0 Å². The number of carbonyl (C=O) groups excluding carboxylic acids is 1. The molecule has 1 saturated carbocycles. The maximum absolute atomic E-state index is 12.0. The number of hydrogen-bond donors (Lipinski definition) is 1. The number of rotatable bonds is 2. The molecule has 1 aliphatic carbocycles. The molecule has 1 amide bonds. The average Bonchev–Trinajstić information content (AvgIpc) is 2.65. The van der Waals surface area contributed by atoms with Crippen LogP contribution in [0.5, 0.6) is 0 Å². The third-order valence-electron chi connectivity index (χ3n) is 4.27. The van der Waals surface area contributed by atoms with E-state index in [2.05, 4.69) is 0 Å². The van der Waals surface area contributed by atoms with Crippen molar-refractivity contribution in [3.05, 3.63) is 0 Å². The van der Waals surface area contributed by atoms with E-state index in [0.717, 1.165) is 13.0 Å². The van der Waals surface area contributed by atoms with E-state index < -0.39 is 0 Å². The second-order valence-electron chi connectivity index (χ2n) is 5.31. The zero-order chi connectivity index (χ0) is 10.9. The number of likely N-dealkylation sites (tertiary alicyclic amines) is 1. The van der Waals surface area contributed by atoms with Gasteiger partial charge in [0.05, 0.1) is 0 Å². The molecule has 2 N–H and O–H groups in total. The molecule has 0 aromatic rings. The lowest BCUT2D eigenvalue weighted by Gasteiger charge is -2.41. The first kappa shape index (κ1) is 10.9. The van der Waals surface area contributed by atoms with E-state index in [0.29, 0.717) is 17.9 Å². The van der Waals surface area contributed by atoms with Gasteiger partial charge in [-0.05, 0) is 31.6 Å². The summed E-state index contributed by atoms with van der Waals surface area (Å²) in [5, 5.41) is 0. The molecule has 1 aliphatic heterocycles. The van der Waals surface area contributed by atoms with Gasteiger partial charge in [-0.1, -0.05) is 12.8 Å². The van der Waals surface area contributed by atoms with Crippen LogP contribution in [0.25, 0.3) is 0 Å². The lowest BCUT2D eigenvalue weighted by molar-refractivity contribution is -0.140. The quantitative estimate of drug-likeness (QED) is 0.751. The van der Waals surface area contributed by atoms with Crippen LogP contribution in [0, 0.1) is 5.41 Å². The fourth-order valence-electron chi connectivity index (χ4n) is 3.14. The molecule has 0 aromatic heterocycles. The number of amides is 1. The maximum Gasteiger partial charge on any atom is 0.223 e. The van der Waals surface area contributed by atoms with Crippen molar-refractivity contribution in [1.82, 2.24) is 4.90 Å². The summed E-state index contributed by atoms with van der Waals surface area (Å²) in [7, 11) is 0. The van der Waals surface area contributed by atoms with Crippen molar-refractivity contribution >= 4 is 5.91 Å². The van der Waals surface area contributed by atoms with E-state index in [1.54, 1.807) is 0 Å². The molecule has 2 fully saturated rings. The number of nitrogens with zero attached hydrogens (tertiary/aromatic N) is 1. The molecule has 15 heavy (non-hydrogen) atoms. The van der Waals surface area contributed by atoms with Gasteiger partial charge in [0.25, 0.3) is 0 Å². The lowest BCUT2D eigenvalue weighted by atomic mass is 9.76. The van der Waals surface area contributed by atoms with Gasteiger partial charge < -0.3 is 10.6 Å². The largest absolute Gasteiger partial charge is 0.339 e. The molecule has 2 rings (SSSR count). The Morgan fingerprint density at radius 2 is 2.07 bits per heavy atom. The van der Waals surface area contributed by atoms with Crippen molar-refractivity contribution in [2.45, 2.75) is 51.5 Å². The summed E-state index contributed by atoms with van der Waals surface area (Å²) in [6, 6.07) is 0.219. The fourth-order valence-corrected chi connectivity index (χ4v) is 3.14. The molecular weight excluding hydrogens is 188 g/mol. The average molecular weight is 210 g/mol. The molecule has 0 aromatic carbocycles. The van der Waals surface area contributed by atoms with Crippen molar-refractivity contribution in [2.75, 3.05) is 13.1 Å². The molecule has 3 nitrogen and oxygen atoms in total. The highest BCUT2D eigenvalue weighted by molar-refractivity contribution is 5.78. The van der Waals surface area contributed by atoms with Crippen LogP contribution in [0.1, 0.15) is 45.4 Å². The van der Waals surface area contributed by atoms with E-state index in [-0.39, 0.29) is 6.04 Å². The Kier molecular flexibility index (Phi) is 3.01. The van der Waals surface area contributed by atoms with E-state index in [4.69, 9.17) is 5.73 Å². The first-order valence-electron chi connectivity index (χ1n) is 6.16. The predicted octanol–water partition coefficient (Wildman–Crippen LogP) is 1.52. The summed E-state index contributed by atoms with van der Waals surface area (Å²) in [4.78, 5) is 14.0. The first-order chi connectivity index (χ1) is 7.17. The summed E-state index contributed by atoms with van der Waals surface area (Å²) in [6.07, 6.45) is 7.15. The highest BCUT2D eigenvalue weighted by Gasteiger charge is 2.41. The minimum Gasteiger partial charge on any atom is -0.339 e. The van der Waals surface area contributed by atoms with Crippen LogP contribution >= 0.6 is 0 Å². The molecule has 1 atom stereocenters. The third-order valence-corrected chi connectivity index (χ3v) is 4.27. The first-order valence-corrected chi connectivity index (χ1v) is 6.16. The smallest absolute Gasteiger partial charge is 0.223 e. The fraction of sp³-hybridized carbons (Fsp3) is 0.917. The van der Waals surface area contributed by atoms with E-state index in [1.807, 2.05) is 11.8 Å². The van der Waals surface area contributed by atoms with Crippen molar-refractivity contribution < 1.29 is 4.79 Å². The summed E-state index contributed by atoms with van der Waals surface area (Å²) >= 11 is 0. The van der Waals surface area contributed by atoms with Gasteiger partial charge in [-0.2, -0.15) is 0 Å². The highest BCUT2D eigenvalue weighted by Crippen LogP contribution is 2.46. The standard InChI is InChI=1S/C12H22N2O/c1-10(9-13)14-7-6-12(8-11(14)15)4-2-3-5-12/h10H,2-9,13H2,1H3. The highest BCUT2D eigenvalue weighted by atomic mass is 16.2. The van der Waals surface area contributed by atoms with Crippen molar-refractivity contribution in [3.63, 3.8) is 0 Å². The second-order valence-corrected chi connectivity index (χ2v) is 5.31. The van der Waals surface area contributed by atoms with Crippen LogP contribution < -0.4 is 5.73 Å². The number of hydrogen-bond acceptors (Lipinski definition) is 2. The number of piperidine rings is 1. The van der Waals surface area contributed by atoms with Gasteiger partial charge in [0.2, 0.25) is 5.91 Å². The van der Waals surface area contributed by atoms with Crippen molar-refractivity contribution in [2.24, 2.45) is 11.1 Å². The number of carbonyl (C=O) groups is 1. The minimum absolute atomic E-state index is 0.219. The van der Waals surface area contributed by atoms with Gasteiger partial charge in [-0.15, -0.1) is 0 Å². The molecular formula is C12H22N2O. The van der Waals surface area contributed by atoms with Gasteiger partial charge in [0.15, 0.2) is 0 Å². The minimum atomic E-state index is 0.219. The predicted molar refractivity (Wildman–Crippen MR) is 60.4 cm³/mol. The van der Waals surface area contributed by atoms with Crippen molar-refractivity contribution in [3.8, 4) is 0 Å². The zero-order valence-electron chi connectivity index (χ0n) is 9.67. The second kappa shape index (κ2) is 4.12. The molecule has 1 spiro atoms. The molecule has 0 bridgehead atoms. The van der Waals surface area contributed by atoms with Gasteiger partial charge in [-0.25, -0.2) is 0 Å². The van der Waals surface area contributed by atoms with Gasteiger partial charge >= 0.3 is 0 Å². The van der Waals surface area contributed by atoms with E-state index in [9.17, 15) is 4.79 Å². The molecule has 86 valence electrons. The summed E-state index contributed by atoms with van der Waals surface area (Å²) < 4.78 is 0. The van der Waals surface area contributed by atoms with Crippen LogP contribution in [0.2, 0.25) is 0 Å². The third kappa shape index (κ3) is 2.03. The SMILES string of the molecule is CC(CN)N1CCC2(CCCC2)CC1=O. The van der Waals surface area contributed by atoms with Crippen molar-refractivity contribution in [1.29, 1.82) is 0 Å². The summed E-state index contributed by atoms with van der Waals surface area (Å²) in [5.74, 6) is 0.334. The Bertz CT molecular complexity index is 246. The molecule has 0 radical (unpaired) electrons. The monoisotopic (exact) mass is 210 g/mol. The Labute approximate surface area is 92.0 Å². The van der Waals surface area contributed by atoms with Gasteiger partial charge in [-0.3, -0.25) is 4.79 Å². The molecule has 1 unspecified atom stereocenters. The van der Waals surface area contributed by atoms with Crippen LogP contribution in [0.15, 0.2) is 0 Å². The van der Waals surface area contributed by atoms with E-state index in [1.165, 1.54) is 32.1 Å². The van der Waals surface area contributed by atoms with Gasteiger partial charge in [0, 0.05) is 25.6 Å². The Balaban J connectivity index is 1.99. The Morgan fingerprint density at radius 3 is 2.60 bits per heavy atom. The van der Waals surface area contributed by atoms with Crippen LogP contribution in [-0.4, -0.2) is 29.9 Å². The molecule has 1 heterocycles. The number of nitrogens with two attached hydrogens (primary N) is 1. The van der Waals surface area contributed by atoms with Crippen LogP contribution in [-0.2, 0) is 4.79 Å². The Hall–Kier alpha value is -0.570. The normalized spacial score (nSPS) is 27.3. The zero-order valence-corrected chi connectivity index (χ0v) is 9.67.